The van der Waals surface area contributed by atoms with Crippen LogP contribution in [0.4, 0.5) is 0 Å². The Kier molecular flexibility index (Phi) is 2.74. The number of nitrogens with zero attached hydrogens (tertiary/aromatic N) is 1. The number of β-amino-alcohol motifs (C(OH)–C–C–N with tert-alkyl or cyclic N) is 2. The van der Waals surface area contributed by atoms with Gasteiger partial charge in [0.05, 0.1) is 12.2 Å². The Balaban J connectivity index is 1.92. The van der Waals surface area contributed by atoms with Gasteiger partial charge in [0, 0.05) is 19.0 Å². The van der Waals surface area contributed by atoms with Gasteiger partial charge in [-0.2, -0.15) is 0 Å². The molecule has 2 fully saturated rings. The Morgan fingerprint density at radius 1 is 1.07 bits per heavy atom. The number of rotatable bonds is 1. The van der Waals surface area contributed by atoms with Crippen molar-refractivity contribution in [2.45, 2.75) is 37.9 Å². The predicted molar refractivity (Wildman–Crippen MR) is 50.6 cm³/mol. The standard InChI is InChI=1S/C10H17NO3/c12-8-5-11(6-9(8)13)10(14)7-3-1-2-4-7/h7-9,12-13H,1-6H2. The van der Waals surface area contributed by atoms with Gasteiger partial charge >= 0.3 is 0 Å². The third kappa shape index (κ3) is 1.77. The monoisotopic (exact) mass is 199 g/mol. The molecule has 0 radical (unpaired) electrons. The number of hydrogen-bond acceptors (Lipinski definition) is 3. The van der Waals surface area contributed by atoms with Gasteiger partial charge in [-0.15, -0.1) is 0 Å². The topological polar surface area (TPSA) is 60.8 Å². The van der Waals surface area contributed by atoms with Crippen LogP contribution in [-0.4, -0.2) is 46.3 Å². The van der Waals surface area contributed by atoms with Gasteiger partial charge in [0.15, 0.2) is 0 Å². The molecule has 14 heavy (non-hydrogen) atoms. The van der Waals surface area contributed by atoms with E-state index >= 15 is 0 Å². The van der Waals surface area contributed by atoms with Crippen molar-refractivity contribution in [3.63, 3.8) is 0 Å². The molecule has 2 unspecified atom stereocenters. The molecule has 0 aromatic heterocycles. The van der Waals surface area contributed by atoms with E-state index in [-0.39, 0.29) is 11.8 Å². The highest BCUT2D eigenvalue weighted by molar-refractivity contribution is 5.79. The molecule has 0 spiro atoms. The minimum atomic E-state index is -0.750. The predicted octanol–water partition coefficient (Wildman–Crippen LogP) is -0.259. The highest BCUT2D eigenvalue weighted by Crippen LogP contribution is 2.27. The molecule has 0 aromatic carbocycles. The van der Waals surface area contributed by atoms with Crippen LogP contribution in [0.25, 0.3) is 0 Å². The normalized spacial score (nSPS) is 34.0. The van der Waals surface area contributed by atoms with Crippen molar-refractivity contribution >= 4 is 5.91 Å². The lowest BCUT2D eigenvalue weighted by atomic mass is 10.1. The van der Waals surface area contributed by atoms with Crippen molar-refractivity contribution in [3.05, 3.63) is 0 Å². The summed E-state index contributed by atoms with van der Waals surface area (Å²) in [6, 6.07) is 0. The van der Waals surface area contributed by atoms with Crippen molar-refractivity contribution < 1.29 is 15.0 Å². The molecule has 2 atom stereocenters. The Morgan fingerprint density at radius 3 is 2.07 bits per heavy atom. The zero-order valence-corrected chi connectivity index (χ0v) is 8.22. The first-order valence-corrected chi connectivity index (χ1v) is 5.33. The van der Waals surface area contributed by atoms with Crippen LogP contribution >= 0.6 is 0 Å². The van der Waals surface area contributed by atoms with Crippen LogP contribution in [0.15, 0.2) is 0 Å². The van der Waals surface area contributed by atoms with E-state index in [4.69, 9.17) is 0 Å². The SMILES string of the molecule is O=C(C1CCCC1)N1CC(O)C(O)C1. The van der Waals surface area contributed by atoms with Crippen LogP contribution in [0.3, 0.4) is 0 Å². The molecule has 1 aliphatic heterocycles. The van der Waals surface area contributed by atoms with E-state index in [2.05, 4.69) is 0 Å². The second-order valence-electron chi connectivity index (χ2n) is 4.36. The molecule has 1 saturated heterocycles. The summed E-state index contributed by atoms with van der Waals surface area (Å²) in [6.45, 7) is 0.604. The summed E-state index contributed by atoms with van der Waals surface area (Å²) in [7, 11) is 0. The van der Waals surface area contributed by atoms with Crippen LogP contribution in [0.5, 0.6) is 0 Å². The number of aliphatic hydroxyl groups excluding tert-OH is 2. The second kappa shape index (κ2) is 3.87. The van der Waals surface area contributed by atoms with Crippen LogP contribution in [0.1, 0.15) is 25.7 Å². The molecule has 0 bridgehead atoms. The van der Waals surface area contributed by atoms with Crippen molar-refractivity contribution in [1.29, 1.82) is 0 Å². The zero-order chi connectivity index (χ0) is 10.1. The average molecular weight is 199 g/mol. The highest BCUT2D eigenvalue weighted by atomic mass is 16.3. The molecule has 80 valence electrons. The maximum absolute atomic E-state index is 11.8. The largest absolute Gasteiger partial charge is 0.388 e. The first-order valence-electron chi connectivity index (χ1n) is 5.33. The van der Waals surface area contributed by atoms with Crippen molar-refractivity contribution in [2.24, 2.45) is 5.92 Å². The molecule has 2 rings (SSSR count). The van der Waals surface area contributed by atoms with Gasteiger partial charge in [-0.3, -0.25) is 4.79 Å². The summed E-state index contributed by atoms with van der Waals surface area (Å²) >= 11 is 0. The van der Waals surface area contributed by atoms with E-state index in [1.54, 1.807) is 4.90 Å². The molecule has 4 heteroatoms. The van der Waals surface area contributed by atoms with E-state index in [0.29, 0.717) is 13.1 Å². The number of hydrogen-bond donors (Lipinski definition) is 2. The molecule has 0 aromatic rings. The fourth-order valence-corrected chi connectivity index (χ4v) is 2.38. The van der Waals surface area contributed by atoms with Gasteiger partial charge in [0.25, 0.3) is 0 Å². The fraction of sp³-hybridized carbons (Fsp3) is 0.900. The maximum Gasteiger partial charge on any atom is 0.225 e. The summed E-state index contributed by atoms with van der Waals surface area (Å²) in [4.78, 5) is 13.4. The molecule has 1 heterocycles. The van der Waals surface area contributed by atoms with E-state index in [1.165, 1.54) is 0 Å². The Labute approximate surface area is 83.5 Å². The zero-order valence-electron chi connectivity index (χ0n) is 8.22. The molecule has 1 saturated carbocycles. The van der Waals surface area contributed by atoms with E-state index < -0.39 is 12.2 Å². The average Bonchev–Trinajstić information content (AvgIpc) is 2.76. The molecule has 2 N–H and O–H groups in total. The van der Waals surface area contributed by atoms with Crippen LogP contribution in [0, 0.1) is 5.92 Å². The van der Waals surface area contributed by atoms with Gasteiger partial charge < -0.3 is 15.1 Å². The van der Waals surface area contributed by atoms with Gasteiger partial charge in [-0.1, -0.05) is 12.8 Å². The van der Waals surface area contributed by atoms with Crippen molar-refractivity contribution in [2.75, 3.05) is 13.1 Å². The smallest absolute Gasteiger partial charge is 0.225 e. The lowest BCUT2D eigenvalue weighted by Gasteiger charge is -2.19. The van der Waals surface area contributed by atoms with Crippen LogP contribution in [0.2, 0.25) is 0 Å². The summed E-state index contributed by atoms with van der Waals surface area (Å²) in [5, 5.41) is 18.6. The minimum absolute atomic E-state index is 0.123. The van der Waals surface area contributed by atoms with Crippen molar-refractivity contribution in [1.82, 2.24) is 4.90 Å². The fourth-order valence-electron chi connectivity index (χ4n) is 2.38. The van der Waals surface area contributed by atoms with Gasteiger partial charge in [-0.25, -0.2) is 0 Å². The van der Waals surface area contributed by atoms with Gasteiger partial charge in [-0.05, 0) is 12.8 Å². The quantitative estimate of drug-likeness (QED) is 0.611. The molecular formula is C10H17NO3. The van der Waals surface area contributed by atoms with Gasteiger partial charge in [0.2, 0.25) is 5.91 Å². The third-order valence-electron chi connectivity index (χ3n) is 3.28. The summed E-state index contributed by atoms with van der Waals surface area (Å²) in [5.41, 5.74) is 0. The van der Waals surface area contributed by atoms with Crippen molar-refractivity contribution in [3.8, 4) is 0 Å². The number of likely N-dealkylation sites (tertiary alicyclic amines) is 1. The molecule has 1 aliphatic carbocycles. The highest BCUT2D eigenvalue weighted by Gasteiger charge is 2.36. The maximum atomic E-state index is 11.8. The second-order valence-corrected chi connectivity index (χ2v) is 4.36. The molecule has 2 aliphatic rings. The number of carbonyl (C=O) groups is 1. The Hall–Kier alpha value is -0.610. The minimum Gasteiger partial charge on any atom is -0.388 e. The number of aliphatic hydroxyl groups is 2. The summed E-state index contributed by atoms with van der Waals surface area (Å²) in [6.07, 6.45) is 2.72. The van der Waals surface area contributed by atoms with Crippen LogP contribution in [-0.2, 0) is 4.79 Å². The summed E-state index contributed by atoms with van der Waals surface area (Å²) in [5.74, 6) is 0.269. The van der Waals surface area contributed by atoms with E-state index in [1.807, 2.05) is 0 Å². The van der Waals surface area contributed by atoms with E-state index in [0.717, 1.165) is 25.7 Å². The first-order chi connectivity index (χ1) is 6.68. The van der Waals surface area contributed by atoms with Crippen LogP contribution < -0.4 is 0 Å². The lowest BCUT2D eigenvalue weighted by Crippen LogP contribution is -2.34. The van der Waals surface area contributed by atoms with E-state index in [9.17, 15) is 15.0 Å². The Bertz CT molecular complexity index is 215. The number of amides is 1. The summed E-state index contributed by atoms with van der Waals surface area (Å²) < 4.78 is 0. The third-order valence-corrected chi connectivity index (χ3v) is 3.28. The molecule has 1 amide bonds. The lowest BCUT2D eigenvalue weighted by molar-refractivity contribution is -0.134. The number of carbonyl (C=O) groups excluding carboxylic acids is 1. The Morgan fingerprint density at radius 2 is 1.57 bits per heavy atom. The molecular weight excluding hydrogens is 182 g/mol. The molecule has 4 nitrogen and oxygen atoms in total. The first kappa shape index (κ1) is 9.93. The van der Waals surface area contributed by atoms with Gasteiger partial charge in [0.1, 0.15) is 0 Å².